The number of aromatic nitrogens is 3. The number of carbonyl (C=O) groups excluding carboxylic acids is 3. The number of imide groups is 1. The maximum atomic E-state index is 12.6. The van der Waals surface area contributed by atoms with Gasteiger partial charge in [-0.15, -0.1) is 0 Å². The van der Waals surface area contributed by atoms with Crippen LogP contribution in [-0.2, 0) is 23.1 Å². The van der Waals surface area contributed by atoms with Gasteiger partial charge in [0.25, 0.3) is 5.91 Å². The zero-order valence-electron chi connectivity index (χ0n) is 15.3. The van der Waals surface area contributed by atoms with E-state index >= 15 is 0 Å². The van der Waals surface area contributed by atoms with Crippen LogP contribution in [0.1, 0.15) is 12.0 Å². The van der Waals surface area contributed by atoms with Crippen molar-refractivity contribution >= 4 is 34.4 Å². The molecule has 0 spiro atoms. The number of amides is 4. The van der Waals surface area contributed by atoms with Gasteiger partial charge in [-0.3, -0.25) is 19.2 Å². The maximum absolute atomic E-state index is 12.6. The fourth-order valence-corrected chi connectivity index (χ4v) is 3.38. The molecule has 1 aromatic carbocycles. The first kappa shape index (κ1) is 17.8. The molecule has 9 nitrogen and oxygen atoms in total. The lowest BCUT2D eigenvalue weighted by atomic mass is 10.1. The summed E-state index contributed by atoms with van der Waals surface area (Å²) in [6.07, 6.45) is 5.48. The lowest BCUT2D eigenvalue weighted by Crippen LogP contribution is -2.34. The van der Waals surface area contributed by atoms with Crippen LogP contribution in [0.2, 0.25) is 0 Å². The molecule has 3 heterocycles. The molecule has 1 aliphatic rings. The van der Waals surface area contributed by atoms with Crippen LogP contribution in [0.15, 0.2) is 42.9 Å². The van der Waals surface area contributed by atoms with E-state index in [9.17, 15) is 14.4 Å². The summed E-state index contributed by atoms with van der Waals surface area (Å²) in [6, 6.07) is 6.55. The SMILES string of the molecule is Cn1cc(NC(=O)C[C@@H]2NC(=O)N(CCc3c[nH]c4ccccc34)C2=O)cn1. The summed E-state index contributed by atoms with van der Waals surface area (Å²) in [5, 5.41) is 10.3. The largest absolute Gasteiger partial charge is 0.361 e. The van der Waals surface area contributed by atoms with Crippen molar-refractivity contribution in [2.45, 2.75) is 18.9 Å². The summed E-state index contributed by atoms with van der Waals surface area (Å²) in [4.78, 5) is 41.3. The van der Waals surface area contributed by atoms with Crippen LogP contribution in [0.4, 0.5) is 10.5 Å². The Kier molecular flexibility index (Phi) is 4.56. The van der Waals surface area contributed by atoms with Crippen molar-refractivity contribution in [2.24, 2.45) is 7.05 Å². The number of hydrogen-bond donors (Lipinski definition) is 3. The third-order valence-corrected chi connectivity index (χ3v) is 4.76. The molecule has 1 saturated heterocycles. The van der Waals surface area contributed by atoms with Crippen molar-refractivity contribution in [1.82, 2.24) is 25.0 Å². The van der Waals surface area contributed by atoms with Crippen LogP contribution in [0.3, 0.4) is 0 Å². The highest BCUT2D eigenvalue weighted by Gasteiger charge is 2.38. The van der Waals surface area contributed by atoms with Gasteiger partial charge in [0.15, 0.2) is 0 Å². The summed E-state index contributed by atoms with van der Waals surface area (Å²) < 4.78 is 1.56. The molecule has 0 bridgehead atoms. The lowest BCUT2D eigenvalue weighted by molar-refractivity contribution is -0.129. The average molecular weight is 380 g/mol. The Hall–Kier alpha value is -3.62. The van der Waals surface area contributed by atoms with Crippen LogP contribution in [-0.4, -0.2) is 50.1 Å². The number of nitrogens with zero attached hydrogens (tertiary/aromatic N) is 3. The second-order valence-corrected chi connectivity index (χ2v) is 6.76. The monoisotopic (exact) mass is 380 g/mol. The fourth-order valence-electron chi connectivity index (χ4n) is 3.38. The van der Waals surface area contributed by atoms with E-state index < -0.39 is 12.1 Å². The molecule has 9 heteroatoms. The molecule has 0 saturated carbocycles. The van der Waals surface area contributed by atoms with Crippen LogP contribution in [0, 0.1) is 0 Å². The lowest BCUT2D eigenvalue weighted by Gasteiger charge is -2.12. The van der Waals surface area contributed by atoms with E-state index in [1.54, 1.807) is 17.9 Å². The Morgan fingerprint density at radius 1 is 1.29 bits per heavy atom. The van der Waals surface area contributed by atoms with Gasteiger partial charge in [-0.05, 0) is 18.1 Å². The highest BCUT2D eigenvalue weighted by molar-refractivity contribution is 6.06. The molecular weight excluding hydrogens is 360 g/mol. The minimum Gasteiger partial charge on any atom is -0.361 e. The van der Waals surface area contributed by atoms with Crippen molar-refractivity contribution in [3.8, 4) is 0 Å². The van der Waals surface area contributed by atoms with Crippen LogP contribution >= 0.6 is 0 Å². The van der Waals surface area contributed by atoms with Gasteiger partial charge in [-0.25, -0.2) is 4.79 Å². The number of hydrogen-bond acceptors (Lipinski definition) is 4. The van der Waals surface area contributed by atoms with E-state index in [2.05, 4.69) is 20.7 Å². The number of H-pyrrole nitrogens is 1. The first-order chi connectivity index (χ1) is 13.5. The maximum Gasteiger partial charge on any atom is 0.324 e. The number of carbonyl (C=O) groups is 3. The van der Waals surface area contributed by atoms with Crippen LogP contribution in [0.25, 0.3) is 10.9 Å². The topological polar surface area (TPSA) is 112 Å². The third kappa shape index (κ3) is 3.46. The van der Waals surface area contributed by atoms with E-state index in [1.165, 1.54) is 11.1 Å². The van der Waals surface area contributed by atoms with E-state index in [-0.39, 0.29) is 24.8 Å². The summed E-state index contributed by atoms with van der Waals surface area (Å²) >= 11 is 0. The molecule has 28 heavy (non-hydrogen) atoms. The summed E-state index contributed by atoms with van der Waals surface area (Å²) in [5.41, 5.74) is 2.59. The van der Waals surface area contributed by atoms with Crippen molar-refractivity contribution in [1.29, 1.82) is 0 Å². The van der Waals surface area contributed by atoms with Crippen molar-refractivity contribution in [3.63, 3.8) is 0 Å². The van der Waals surface area contributed by atoms with Gasteiger partial charge in [0.2, 0.25) is 5.91 Å². The van der Waals surface area contributed by atoms with Crippen molar-refractivity contribution < 1.29 is 14.4 Å². The molecule has 3 N–H and O–H groups in total. The van der Waals surface area contributed by atoms with Gasteiger partial charge in [-0.2, -0.15) is 5.10 Å². The number of para-hydroxylation sites is 1. The molecule has 1 fully saturated rings. The molecule has 3 aromatic rings. The second kappa shape index (κ2) is 7.18. The van der Waals surface area contributed by atoms with Crippen molar-refractivity contribution in [3.05, 3.63) is 48.4 Å². The van der Waals surface area contributed by atoms with Gasteiger partial charge in [0.1, 0.15) is 6.04 Å². The molecule has 4 rings (SSSR count). The Bertz CT molecular complexity index is 1050. The minimum atomic E-state index is -0.854. The quantitative estimate of drug-likeness (QED) is 0.561. The summed E-state index contributed by atoms with van der Waals surface area (Å²) in [7, 11) is 1.74. The van der Waals surface area contributed by atoms with Gasteiger partial charge in [0.05, 0.1) is 18.3 Å². The zero-order chi connectivity index (χ0) is 19.7. The Morgan fingerprint density at radius 2 is 2.11 bits per heavy atom. The van der Waals surface area contributed by atoms with Gasteiger partial charge in [-0.1, -0.05) is 18.2 Å². The molecule has 2 aromatic heterocycles. The first-order valence-corrected chi connectivity index (χ1v) is 8.96. The van der Waals surface area contributed by atoms with Gasteiger partial charge in [0, 0.05) is 36.9 Å². The fraction of sp³-hybridized carbons (Fsp3) is 0.263. The molecule has 4 amide bonds. The van der Waals surface area contributed by atoms with Crippen LogP contribution < -0.4 is 10.6 Å². The number of nitrogens with one attached hydrogen (secondary N) is 3. The number of aromatic amines is 1. The van der Waals surface area contributed by atoms with Crippen molar-refractivity contribution in [2.75, 3.05) is 11.9 Å². The Balaban J connectivity index is 1.36. The number of benzene rings is 1. The van der Waals surface area contributed by atoms with E-state index in [0.29, 0.717) is 12.1 Å². The molecule has 1 atom stereocenters. The number of urea groups is 1. The molecule has 0 aliphatic carbocycles. The molecule has 144 valence electrons. The number of aryl methyl sites for hydroxylation is 1. The normalized spacial score (nSPS) is 16.6. The standard InChI is InChI=1S/C19H20N6O3/c1-24-11-13(10-21-24)22-17(26)8-16-18(27)25(19(28)23-16)7-6-12-9-20-15-5-3-2-4-14(12)15/h2-5,9-11,16,20H,6-8H2,1H3,(H,22,26)(H,23,28)/t16-/m0/s1. The molecule has 0 radical (unpaired) electrons. The van der Waals surface area contributed by atoms with E-state index in [1.807, 2.05) is 30.5 Å². The molecular formula is C19H20N6O3. The summed E-state index contributed by atoms with van der Waals surface area (Å²) in [6.45, 7) is 0.257. The molecule has 0 unspecified atom stereocenters. The Labute approximate surface area is 160 Å². The third-order valence-electron chi connectivity index (χ3n) is 4.76. The number of fused-ring (bicyclic) bond motifs is 1. The minimum absolute atomic E-state index is 0.122. The number of anilines is 1. The highest BCUT2D eigenvalue weighted by Crippen LogP contribution is 2.19. The molecule has 1 aliphatic heterocycles. The van der Waals surface area contributed by atoms with E-state index in [4.69, 9.17) is 0 Å². The first-order valence-electron chi connectivity index (χ1n) is 8.96. The highest BCUT2D eigenvalue weighted by atomic mass is 16.2. The number of rotatable bonds is 6. The van der Waals surface area contributed by atoms with Gasteiger partial charge < -0.3 is 15.6 Å². The van der Waals surface area contributed by atoms with Gasteiger partial charge >= 0.3 is 6.03 Å². The predicted molar refractivity (Wildman–Crippen MR) is 102 cm³/mol. The average Bonchev–Trinajstić information content (AvgIpc) is 3.33. The smallest absolute Gasteiger partial charge is 0.324 e. The van der Waals surface area contributed by atoms with Crippen LogP contribution in [0.5, 0.6) is 0 Å². The summed E-state index contributed by atoms with van der Waals surface area (Å²) in [5.74, 6) is -0.740. The zero-order valence-corrected chi connectivity index (χ0v) is 15.3. The second-order valence-electron chi connectivity index (χ2n) is 6.76. The predicted octanol–water partition coefficient (Wildman–Crippen LogP) is 1.39. The van der Waals surface area contributed by atoms with E-state index in [0.717, 1.165) is 16.5 Å². The Morgan fingerprint density at radius 3 is 2.89 bits per heavy atom.